The number of carboxylic acid groups (broad SMARTS) is 1. The van der Waals surface area contributed by atoms with Crippen LogP contribution >= 0.6 is 0 Å². The highest BCUT2D eigenvalue weighted by Gasteiger charge is 2.25. The summed E-state index contributed by atoms with van der Waals surface area (Å²) < 4.78 is 0. The summed E-state index contributed by atoms with van der Waals surface area (Å²) in [6.07, 6.45) is 0.862. The highest BCUT2D eigenvalue weighted by Crippen LogP contribution is 2.03. The van der Waals surface area contributed by atoms with Gasteiger partial charge in [-0.15, -0.1) is 0 Å². The second kappa shape index (κ2) is 7.09. The molecule has 0 bridgehead atoms. The van der Waals surface area contributed by atoms with Crippen LogP contribution in [0, 0.1) is 5.92 Å². The van der Waals surface area contributed by atoms with E-state index >= 15 is 0 Å². The summed E-state index contributed by atoms with van der Waals surface area (Å²) in [6.45, 7) is 8.63. The maximum absolute atomic E-state index is 11.7. The van der Waals surface area contributed by atoms with E-state index in [0.29, 0.717) is 13.1 Å². The van der Waals surface area contributed by atoms with Gasteiger partial charge >= 0.3 is 12.0 Å². The van der Waals surface area contributed by atoms with Crippen LogP contribution in [0.1, 0.15) is 34.1 Å². The summed E-state index contributed by atoms with van der Waals surface area (Å²) in [5.41, 5.74) is 0. The molecule has 16 heavy (non-hydrogen) atoms. The predicted molar refractivity (Wildman–Crippen MR) is 62.3 cm³/mol. The van der Waals surface area contributed by atoms with Gasteiger partial charge < -0.3 is 15.3 Å². The fraction of sp³-hybridized carbons (Fsp3) is 0.818. The van der Waals surface area contributed by atoms with Crippen molar-refractivity contribution in [2.45, 2.75) is 40.2 Å². The largest absolute Gasteiger partial charge is 0.480 e. The number of nitrogens with zero attached hydrogens (tertiary/aromatic N) is 1. The molecule has 0 aliphatic carbocycles. The quantitative estimate of drug-likeness (QED) is 0.727. The van der Waals surface area contributed by atoms with Crippen LogP contribution in [-0.4, -0.2) is 41.1 Å². The summed E-state index contributed by atoms with van der Waals surface area (Å²) in [5.74, 6) is -1.11. The lowest BCUT2D eigenvalue weighted by Crippen LogP contribution is -2.50. The minimum atomic E-state index is -0.990. The predicted octanol–water partition coefficient (Wildman–Crippen LogP) is 1.54. The third-order valence-corrected chi connectivity index (χ3v) is 2.37. The van der Waals surface area contributed by atoms with Crippen LogP contribution in [0.3, 0.4) is 0 Å². The monoisotopic (exact) mass is 230 g/mol. The average Bonchev–Trinajstić information content (AvgIpc) is 2.21. The minimum Gasteiger partial charge on any atom is -0.480 e. The Morgan fingerprint density at radius 1 is 1.31 bits per heavy atom. The molecule has 2 N–H and O–H groups in total. The molecule has 0 radical (unpaired) electrons. The number of hydrogen-bond acceptors (Lipinski definition) is 2. The number of aliphatic carboxylic acids is 1. The molecule has 0 unspecified atom stereocenters. The molecular weight excluding hydrogens is 208 g/mol. The van der Waals surface area contributed by atoms with E-state index in [0.717, 1.165) is 6.42 Å². The van der Waals surface area contributed by atoms with Gasteiger partial charge in [0.25, 0.3) is 0 Å². The molecule has 5 nitrogen and oxygen atoms in total. The van der Waals surface area contributed by atoms with E-state index in [2.05, 4.69) is 5.32 Å². The zero-order chi connectivity index (χ0) is 12.7. The zero-order valence-electron chi connectivity index (χ0n) is 10.5. The minimum absolute atomic E-state index is 0.123. The van der Waals surface area contributed by atoms with Gasteiger partial charge in [-0.1, -0.05) is 20.8 Å². The van der Waals surface area contributed by atoms with Gasteiger partial charge in [-0.05, 0) is 19.3 Å². The number of nitrogens with one attached hydrogen (secondary N) is 1. The Bertz CT molecular complexity index is 241. The van der Waals surface area contributed by atoms with E-state index in [-0.39, 0.29) is 11.9 Å². The Morgan fingerprint density at radius 2 is 1.88 bits per heavy atom. The first kappa shape index (κ1) is 14.7. The zero-order valence-corrected chi connectivity index (χ0v) is 10.5. The van der Waals surface area contributed by atoms with E-state index in [1.807, 2.05) is 13.8 Å². The van der Waals surface area contributed by atoms with Crippen LogP contribution in [0.4, 0.5) is 4.79 Å². The van der Waals surface area contributed by atoms with Crippen molar-refractivity contribution in [1.29, 1.82) is 0 Å². The Morgan fingerprint density at radius 3 is 2.19 bits per heavy atom. The average molecular weight is 230 g/mol. The number of carbonyl (C=O) groups is 2. The molecule has 0 rings (SSSR count). The second-order valence-electron chi connectivity index (χ2n) is 4.09. The number of carboxylic acids is 1. The molecule has 0 saturated carbocycles. The second-order valence-corrected chi connectivity index (χ2v) is 4.09. The fourth-order valence-electron chi connectivity index (χ4n) is 1.41. The SMILES string of the molecule is CCCN(CC)C(=O)N[C@@H](C(=O)O)C(C)C. The van der Waals surface area contributed by atoms with Gasteiger partial charge in [0.1, 0.15) is 6.04 Å². The van der Waals surface area contributed by atoms with Gasteiger partial charge in [0, 0.05) is 13.1 Å². The molecule has 0 saturated heterocycles. The normalized spacial score (nSPS) is 12.3. The first-order chi connectivity index (χ1) is 7.43. The van der Waals surface area contributed by atoms with Crippen LogP contribution in [0.15, 0.2) is 0 Å². The molecule has 0 aliphatic rings. The van der Waals surface area contributed by atoms with Crippen molar-refractivity contribution in [1.82, 2.24) is 10.2 Å². The van der Waals surface area contributed by atoms with Gasteiger partial charge in [-0.2, -0.15) is 0 Å². The van der Waals surface area contributed by atoms with Crippen molar-refractivity contribution in [3.05, 3.63) is 0 Å². The molecule has 0 aliphatic heterocycles. The van der Waals surface area contributed by atoms with Crippen molar-refractivity contribution in [2.24, 2.45) is 5.92 Å². The molecule has 0 heterocycles. The van der Waals surface area contributed by atoms with E-state index in [1.54, 1.807) is 18.7 Å². The third kappa shape index (κ3) is 4.51. The lowest BCUT2D eigenvalue weighted by atomic mass is 10.1. The van der Waals surface area contributed by atoms with Crippen molar-refractivity contribution in [3.8, 4) is 0 Å². The Balaban J connectivity index is 4.43. The summed E-state index contributed by atoms with van der Waals surface area (Å²) in [5, 5.41) is 11.5. The molecule has 0 fully saturated rings. The standard InChI is InChI=1S/C11H22N2O3/c1-5-7-13(6-2)11(16)12-9(8(3)4)10(14)15/h8-9H,5-7H2,1-4H3,(H,12,16)(H,14,15)/t9-/m1/s1. The van der Waals surface area contributed by atoms with Gasteiger partial charge in [0.05, 0.1) is 0 Å². The molecule has 0 aromatic heterocycles. The lowest BCUT2D eigenvalue weighted by Gasteiger charge is -2.25. The van der Waals surface area contributed by atoms with E-state index in [4.69, 9.17) is 5.11 Å². The molecule has 0 aromatic rings. The third-order valence-electron chi connectivity index (χ3n) is 2.37. The van der Waals surface area contributed by atoms with Crippen molar-refractivity contribution >= 4 is 12.0 Å². The van der Waals surface area contributed by atoms with Gasteiger partial charge in [0.2, 0.25) is 0 Å². The summed E-state index contributed by atoms with van der Waals surface area (Å²) in [4.78, 5) is 24.3. The van der Waals surface area contributed by atoms with Gasteiger partial charge in [-0.3, -0.25) is 0 Å². The smallest absolute Gasteiger partial charge is 0.326 e. The molecule has 5 heteroatoms. The highest BCUT2D eigenvalue weighted by atomic mass is 16.4. The van der Waals surface area contributed by atoms with Crippen molar-refractivity contribution < 1.29 is 14.7 Å². The molecular formula is C11H22N2O3. The first-order valence-corrected chi connectivity index (χ1v) is 5.72. The maximum atomic E-state index is 11.7. The highest BCUT2D eigenvalue weighted by molar-refractivity contribution is 5.82. The Kier molecular flexibility index (Phi) is 6.53. The van der Waals surface area contributed by atoms with Crippen molar-refractivity contribution in [3.63, 3.8) is 0 Å². The molecule has 2 amide bonds. The number of hydrogen-bond donors (Lipinski definition) is 2. The maximum Gasteiger partial charge on any atom is 0.326 e. The Labute approximate surface area is 96.8 Å². The summed E-state index contributed by atoms with van der Waals surface area (Å²) >= 11 is 0. The van der Waals surface area contributed by atoms with Gasteiger partial charge in [0.15, 0.2) is 0 Å². The number of amides is 2. The molecule has 0 aromatic carbocycles. The van der Waals surface area contributed by atoms with E-state index in [1.165, 1.54) is 0 Å². The van der Waals surface area contributed by atoms with Gasteiger partial charge in [-0.25, -0.2) is 9.59 Å². The summed E-state index contributed by atoms with van der Waals surface area (Å²) in [6, 6.07) is -1.12. The number of carbonyl (C=O) groups excluding carboxylic acids is 1. The molecule has 0 spiro atoms. The van der Waals surface area contributed by atoms with Crippen LogP contribution in [-0.2, 0) is 4.79 Å². The van der Waals surface area contributed by atoms with Crippen molar-refractivity contribution in [2.75, 3.05) is 13.1 Å². The molecule has 1 atom stereocenters. The van der Waals surface area contributed by atoms with Crippen LogP contribution in [0.5, 0.6) is 0 Å². The Hall–Kier alpha value is -1.26. The van der Waals surface area contributed by atoms with Crippen LogP contribution < -0.4 is 5.32 Å². The van der Waals surface area contributed by atoms with E-state index in [9.17, 15) is 9.59 Å². The number of urea groups is 1. The van der Waals surface area contributed by atoms with Crippen LogP contribution in [0.25, 0.3) is 0 Å². The topological polar surface area (TPSA) is 69.6 Å². The van der Waals surface area contributed by atoms with Crippen LogP contribution in [0.2, 0.25) is 0 Å². The fourth-order valence-corrected chi connectivity index (χ4v) is 1.41. The number of rotatable bonds is 6. The lowest BCUT2D eigenvalue weighted by molar-refractivity contribution is -0.140. The molecule has 94 valence electrons. The summed E-state index contributed by atoms with van der Waals surface area (Å²) in [7, 11) is 0. The van der Waals surface area contributed by atoms with E-state index < -0.39 is 12.0 Å². The first-order valence-electron chi connectivity index (χ1n) is 5.72.